The maximum atomic E-state index is 11.7. The molecular weight excluding hydrogens is 242 g/mol. The molecule has 1 aromatic carbocycles. The lowest BCUT2D eigenvalue weighted by Crippen LogP contribution is -1.94. The number of carbonyl (C=O) groups is 1. The van der Waals surface area contributed by atoms with E-state index in [9.17, 15) is 4.79 Å². The number of aryl methyl sites for hydroxylation is 2. The molecular formula is C15H15NOS. The molecule has 3 heteroatoms. The maximum absolute atomic E-state index is 11.7. The van der Waals surface area contributed by atoms with Crippen LogP contribution in [0.3, 0.4) is 0 Å². The largest absolute Gasteiger partial charge is 0.362 e. The van der Waals surface area contributed by atoms with Crippen LogP contribution in [0, 0.1) is 13.8 Å². The van der Waals surface area contributed by atoms with Crippen molar-refractivity contribution in [3.05, 3.63) is 64.0 Å². The molecule has 1 N–H and O–H groups in total. The Balaban J connectivity index is 2.01. The zero-order chi connectivity index (χ0) is 13.0. The van der Waals surface area contributed by atoms with Gasteiger partial charge in [-0.15, -0.1) is 11.3 Å². The predicted molar refractivity (Wildman–Crippen MR) is 77.3 cm³/mol. The van der Waals surface area contributed by atoms with E-state index in [2.05, 4.69) is 25.2 Å². The van der Waals surface area contributed by atoms with E-state index in [1.807, 2.05) is 29.6 Å². The lowest BCUT2D eigenvalue weighted by atomic mass is 10.1. The van der Waals surface area contributed by atoms with Gasteiger partial charge in [-0.25, -0.2) is 0 Å². The molecule has 2 aromatic rings. The van der Waals surface area contributed by atoms with Crippen molar-refractivity contribution in [2.24, 2.45) is 0 Å². The van der Waals surface area contributed by atoms with Crippen LogP contribution in [0.4, 0.5) is 5.69 Å². The van der Waals surface area contributed by atoms with Crippen molar-refractivity contribution in [3.63, 3.8) is 0 Å². The first-order chi connectivity index (χ1) is 8.65. The fourth-order valence-corrected chi connectivity index (χ4v) is 2.42. The number of hydrogen-bond acceptors (Lipinski definition) is 3. The number of allylic oxidation sites excluding steroid dienone is 1. The Bertz CT molecular complexity index is 550. The average Bonchev–Trinajstić information content (AvgIpc) is 2.80. The Kier molecular flexibility index (Phi) is 3.95. The van der Waals surface area contributed by atoms with Crippen molar-refractivity contribution >= 4 is 22.8 Å². The Labute approximate surface area is 111 Å². The molecule has 0 atom stereocenters. The van der Waals surface area contributed by atoms with Crippen LogP contribution in [0.15, 0.2) is 48.0 Å². The van der Waals surface area contributed by atoms with Gasteiger partial charge in [-0.2, -0.15) is 0 Å². The fourth-order valence-electron chi connectivity index (χ4n) is 1.77. The molecule has 2 nitrogen and oxygen atoms in total. The van der Waals surface area contributed by atoms with Crippen molar-refractivity contribution in [1.29, 1.82) is 0 Å². The minimum Gasteiger partial charge on any atom is -0.362 e. The first kappa shape index (κ1) is 12.6. The summed E-state index contributed by atoms with van der Waals surface area (Å²) >= 11 is 1.45. The molecule has 0 saturated carbocycles. The van der Waals surface area contributed by atoms with E-state index in [1.165, 1.54) is 22.5 Å². The minimum atomic E-state index is 0.0295. The van der Waals surface area contributed by atoms with Crippen LogP contribution in [0.1, 0.15) is 20.8 Å². The summed E-state index contributed by atoms with van der Waals surface area (Å²) in [6, 6.07) is 9.92. The number of anilines is 1. The SMILES string of the molecule is Cc1cc(C)cc(N/C=C/C(=O)c2cccs2)c1. The van der Waals surface area contributed by atoms with E-state index in [0.29, 0.717) is 0 Å². The molecule has 0 unspecified atom stereocenters. The molecule has 0 bridgehead atoms. The summed E-state index contributed by atoms with van der Waals surface area (Å²) in [5, 5.41) is 5.02. The van der Waals surface area contributed by atoms with Crippen LogP contribution in [0.5, 0.6) is 0 Å². The second-order valence-electron chi connectivity index (χ2n) is 4.20. The first-order valence-electron chi connectivity index (χ1n) is 5.74. The molecule has 0 aliphatic carbocycles. The summed E-state index contributed by atoms with van der Waals surface area (Å²) in [5.41, 5.74) is 3.41. The van der Waals surface area contributed by atoms with Crippen molar-refractivity contribution in [2.45, 2.75) is 13.8 Å². The van der Waals surface area contributed by atoms with Crippen LogP contribution in [-0.4, -0.2) is 5.78 Å². The molecule has 1 aromatic heterocycles. The molecule has 0 fully saturated rings. The molecule has 2 rings (SSSR count). The van der Waals surface area contributed by atoms with Gasteiger partial charge in [-0.3, -0.25) is 4.79 Å². The van der Waals surface area contributed by atoms with Gasteiger partial charge in [-0.05, 0) is 48.6 Å². The van der Waals surface area contributed by atoms with Gasteiger partial charge in [0.25, 0.3) is 0 Å². The highest BCUT2D eigenvalue weighted by atomic mass is 32.1. The lowest BCUT2D eigenvalue weighted by molar-refractivity contribution is 0.105. The maximum Gasteiger partial charge on any atom is 0.197 e. The molecule has 92 valence electrons. The third-order valence-corrected chi connectivity index (χ3v) is 3.35. The molecule has 1 heterocycles. The van der Waals surface area contributed by atoms with Gasteiger partial charge in [0.05, 0.1) is 4.88 Å². The first-order valence-corrected chi connectivity index (χ1v) is 6.62. The summed E-state index contributed by atoms with van der Waals surface area (Å²) in [7, 11) is 0. The second-order valence-corrected chi connectivity index (χ2v) is 5.14. The summed E-state index contributed by atoms with van der Waals surface area (Å²) in [6.45, 7) is 4.11. The van der Waals surface area contributed by atoms with Gasteiger partial charge in [0.15, 0.2) is 5.78 Å². The summed E-state index contributed by atoms with van der Waals surface area (Å²) in [6.07, 6.45) is 3.25. The molecule has 0 saturated heterocycles. The van der Waals surface area contributed by atoms with Gasteiger partial charge in [-0.1, -0.05) is 12.1 Å². The summed E-state index contributed by atoms with van der Waals surface area (Å²) in [4.78, 5) is 12.5. The number of hydrogen-bond donors (Lipinski definition) is 1. The zero-order valence-electron chi connectivity index (χ0n) is 10.4. The van der Waals surface area contributed by atoms with E-state index in [0.717, 1.165) is 10.6 Å². The zero-order valence-corrected chi connectivity index (χ0v) is 11.3. The van der Waals surface area contributed by atoms with Gasteiger partial charge >= 0.3 is 0 Å². The van der Waals surface area contributed by atoms with Gasteiger partial charge in [0, 0.05) is 18.0 Å². The molecule has 0 amide bonds. The quantitative estimate of drug-likeness (QED) is 0.658. The lowest BCUT2D eigenvalue weighted by Gasteiger charge is -2.03. The van der Waals surface area contributed by atoms with Crippen LogP contribution in [0.2, 0.25) is 0 Å². The van der Waals surface area contributed by atoms with Crippen LogP contribution < -0.4 is 5.32 Å². The van der Waals surface area contributed by atoms with Gasteiger partial charge in [0.1, 0.15) is 0 Å². The highest BCUT2D eigenvalue weighted by Gasteiger charge is 2.01. The molecule has 0 radical (unpaired) electrons. The average molecular weight is 257 g/mol. The second kappa shape index (κ2) is 5.65. The molecule has 0 aliphatic rings. The number of rotatable bonds is 4. The van der Waals surface area contributed by atoms with E-state index in [4.69, 9.17) is 0 Å². The third-order valence-electron chi connectivity index (χ3n) is 2.47. The number of nitrogens with one attached hydrogen (secondary N) is 1. The topological polar surface area (TPSA) is 29.1 Å². The highest BCUT2D eigenvalue weighted by molar-refractivity contribution is 7.12. The normalized spacial score (nSPS) is 10.8. The minimum absolute atomic E-state index is 0.0295. The van der Waals surface area contributed by atoms with Gasteiger partial charge < -0.3 is 5.32 Å². The smallest absolute Gasteiger partial charge is 0.197 e. The van der Waals surface area contributed by atoms with Crippen molar-refractivity contribution < 1.29 is 4.79 Å². The molecule has 18 heavy (non-hydrogen) atoms. The monoisotopic (exact) mass is 257 g/mol. The van der Waals surface area contributed by atoms with Crippen molar-refractivity contribution in [3.8, 4) is 0 Å². The number of carbonyl (C=O) groups excluding carboxylic acids is 1. The van der Waals surface area contributed by atoms with Crippen LogP contribution in [-0.2, 0) is 0 Å². The number of thiophene rings is 1. The van der Waals surface area contributed by atoms with Crippen LogP contribution in [0.25, 0.3) is 0 Å². The number of ketones is 1. The van der Waals surface area contributed by atoms with Crippen LogP contribution >= 0.6 is 11.3 Å². The van der Waals surface area contributed by atoms with E-state index in [-0.39, 0.29) is 5.78 Å². The van der Waals surface area contributed by atoms with E-state index in [1.54, 1.807) is 12.3 Å². The van der Waals surface area contributed by atoms with E-state index < -0.39 is 0 Å². The standard InChI is InChI=1S/C15H15NOS/c1-11-8-12(2)10-13(9-11)16-6-5-14(17)15-4-3-7-18-15/h3-10,16H,1-2H3/b6-5+. The Morgan fingerprint density at radius 3 is 2.56 bits per heavy atom. The molecule has 0 spiro atoms. The fraction of sp³-hybridized carbons (Fsp3) is 0.133. The Morgan fingerprint density at radius 1 is 1.22 bits per heavy atom. The highest BCUT2D eigenvalue weighted by Crippen LogP contribution is 2.14. The predicted octanol–water partition coefficient (Wildman–Crippen LogP) is 4.17. The van der Waals surface area contributed by atoms with Gasteiger partial charge in [0.2, 0.25) is 0 Å². The molecule has 0 aliphatic heterocycles. The summed E-state index contributed by atoms with van der Waals surface area (Å²) in [5.74, 6) is 0.0295. The Morgan fingerprint density at radius 2 is 1.94 bits per heavy atom. The number of benzene rings is 1. The third kappa shape index (κ3) is 3.31. The summed E-state index contributed by atoms with van der Waals surface area (Å²) < 4.78 is 0. The van der Waals surface area contributed by atoms with Crippen molar-refractivity contribution in [2.75, 3.05) is 5.32 Å². The van der Waals surface area contributed by atoms with Crippen molar-refractivity contribution in [1.82, 2.24) is 0 Å². The van der Waals surface area contributed by atoms with E-state index >= 15 is 0 Å². The Hall–Kier alpha value is -1.87.